The van der Waals surface area contributed by atoms with E-state index >= 15 is 0 Å². The quantitative estimate of drug-likeness (QED) is 0.832. The molecule has 1 nitrogen and oxygen atoms in total. The van der Waals surface area contributed by atoms with Crippen molar-refractivity contribution in [3.63, 3.8) is 0 Å². The van der Waals surface area contributed by atoms with Gasteiger partial charge in [-0.1, -0.05) is 34.1 Å². The van der Waals surface area contributed by atoms with Crippen LogP contribution in [0.5, 0.6) is 0 Å². The lowest BCUT2D eigenvalue weighted by atomic mass is 10.1. The van der Waals surface area contributed by atoms with E-state index in [0.717, 1.165) is 0 Å². The molecule has 0 bridgehead atoms. The Labute approximate surface area is 79.4 Å². The minimum Gasteiger partial charge on any atom is -0.390 e. The van der Waals surface area contributed by atoms with Crippen LogP contribution in [0, 0.1) is 0 Å². The van der Waals surface area contributed by atoms with Crippen LogP contribution in [0.3, 0.4) is 0 Å². The van der Waals surface area contributed by atoms with E-state index < -0.39 is 12.3 Å². The van der Waals surface area contributed by atoms with Crippen LogP contribution in [-0.2, 0) is 0 Å². The number of aliphatic hydroxyl groups is 1. The summed E-state index contributed by atoms with van der Waals surface area (Å²) in [7, 11) is 0. The van der Waals surface area contributed by atoms with E-state index in [-0.39, 0.29) is 0 Å². The first-order valence-electron chi connectivity index (χ1n) is 3.69. The topological polar surface area (TPSA) is 20.2 Å². The fourth-order valence-corrected chi connectivity index (χ4v) is 1.46. The predicted octanol–water partition coefficient (Wildman–Crippen LogP) is 2.84. The van der Waals surface area contributed by atoms with Crippen LogP contribution in [0.15, 0.2) is 28.7 Å². The van der Waals surface area contributed by atoms with E-state index in [0.29, 0.717) is 10.0 Å². The third-order valence-corrected chi connectivity index (χ3v) is 2.35. The molecule has 0 amide bonds. The summed E-state index contributed by atoms with van der Waals surface area (Å²) in [6, 6.07) is 6.96. The minimum atomic E-state index is -1.32. The maximum Gasteiger partial charge on any atom is 0.152 e. The molecule has 0 aromatic heterocycles. The molecule has 0 aliphatic rings. The van der Waals surface area contributed by atoms with Crippen molar-refractivity contribution in [2.45, 2.75) is 19.2 Å². The van der Waals surface area contributed by atoms with Gasteiger partial charge in [0, 0.05) is 10.0 Å². The second-order valence-electron chi connectivity index (χ2n) is 2.66. The number of hydrogen-bond donors (Lipinski definition) is 1. The molecule has 0 aliphatic heterocycles. The van der Waals surface area contributed by atoms with Gasteiger partial charge in [0.1, 0.15) is 0 Å². The van der Waals surface area contributed by atoms with E-state index in [4.69, 9.17) is 5.11 Å². The van der Waals surface area contributed by atoms with E-state index in [1.807, 2.05) is 6.07 Å². The molecule has 2 atom stereocenters. The van der Waals surface area contributed by atoms with Crippen LogP contribution in [0.4, 0.5) is 4.39 Å². The van der Waals surface area contributed by atoms with Gasteiger partial charge in [0.25, 0.3) is 0 Å². The van der Waals surface area contributed by atoms with Crippen molar-refractivity contribution in [3.8, 4) is 0 Å². The van der Waals surface area contributed by atoms with Gasteiger partial charge in [-0.15, -0.1) is 0 Å². The Morgan fingerprint density at radius 2 is 2.00 bits per heavy atom. The summed E-state index contributed by atoms with van der Waals surface area (Å²) in [5.74, 6) is 0. The number of alkyl halides is 1. The zero-order valence-electron chi connectivity index (χ0n) is 6.67. The SMILES string of the molecule is CC(O)C(F)c1ccccc1Br. The fourth-order valence-electron chi connectivity index (χ4n) is 0.959. The molecule has 0 saturated heterocycles. The maximum atomic E-state index is 13.2. The largest absolute Gasteiger partial charge is 0.390 e. The third kappa shape index (κ3) is 2.05. The second-order valence-corrected chi connectivity index (χ2v) is 3.52. The lowest BCUT2D eigenvalue weighted by Crippen LogP contribution is -2.09. The number of rotatable bonds is 2. The first kappa shape index (κ1) is 9.68. The van der Waals surface area contributed by atoms with Gasteiger partial charge in [0.05, 0.1) is 6.10 Å². The van der Waals surface area contributed by atoms with E-state index in [1.165, 1.54) is 6.92 Å². The van der Waals surface area contributed by atoms with Crippen LogP contribution in [0.1, 0.15) is 18.7 Å². The zero-order valence-corrected chi connectivity index (χ0v) is 8.25. The molecule has 1 aromatic rings. The summed E-state index contributed by atoms with van der Waals surface area (Å²) in [5.41, 5.74) is 0.493. The number of halogens is 2. The summed E-state index contributed by atoms with van der Waals surface area (Å²) >= 11 is 3.21. The molecular formula is C9H10BrFO. The summed E-state index contributed by atoms with van der Waals surface area (Å²) in [6.07, 6.45) is -2.29. The highest BCUT2D eigenvalue weighted by molar-refractivity contribution is 9.10. The van der Waals surface area contributed by atoms with Crippen LogP contribution in [-0.4, -0.2) is 11.2 Å². The van der Waals surface area contributed by atoms with E-state index in [2.05, 4.69) is 15.9 Å². The standard InChI is InChI=1S/C9H10BrFO/c1-6(12)9(11)7-4-2-3-5-8(7)10/h2-6,9,12H,1H3. The lowest BCUT2D eigenvalue weighted by molar-refractivity contribution is 0.0929. The molecule has 3 heteroatoms. The number of aliphatic hydroxyl groups excluding tert-OH is 1. The molecule has 0 heterocycles. The van der Waals surface area contributed by atoms with Gasteiger partial charge < -0.3 is 5.11 Å². The van der Waals surface area contributed by atoms with Crippen molar-refractivity contribution in [1.29, 1.82) is 0 Å². The maximum absolute atomic E-state index is 13.2. The predicted molar refractivity (Wildman–Crippen MR) is 49.7 cm³/mol. The normalized spacial score (nSPS) is 15.7. The van der Waals surface area contributed by atoms with Crippen LogP contribution < -0.4 is 0 Å². The van der Waals surface area contributed by atoms with Crippen molar-refractivity contribution < 1.29 is 9.50 Å². The highest BCUT2D eigenvalue weighted by Gasteiger charge is 2.17. The Bertz CT molecular complexity index is 262. The van der Waals surface area contributed by atoms with Crippen molar-refractivity contribution in [1.82, 2.24) is 0 Å². The lowest BCUT2D eigenvalue weighted by Gasteiger charge is -2.12. The van der Waals surface area contributed by atoms with Gasteiger partial charge in [-0.3, -0.25) is 0 Å². The van der Waals surface area contributed by atoms with Crippen LogP contribution >= 0.6 is 15.9 Å². The van der Waals surface area contributed by atoms with Gasteiger partial charge in [-0.2, -0.15) is 0 Å². The molecule has 66 valence electrons. The summed E-state index contributed by atoms with van der Waals surface area (Å²) in [6.45, 7) is 1.43. The van der Waals surface area contributed by atoms with Gasteiger partial charge in [-0.05, 0) is 13.0 Å². The number of benzene rings is 1. The molecule has 0 spiro atoms. The van der Waals surface area contributed by atoms with Crippen LogP contribution in [0.25, 0.3) is 0 Å². The molecule has 0 aliphatic carbocycles. The first-order valence-corrected chi connectivity index (χ1v) is 4.49. The monoisotopic (exact) mass is 232 g/mol. The van der Waals surface area contributed by atoms with Crippen LogP contribution in [0.2, 0.25) is 0 Å². The van der Waals surface area contributed by atoms with Crippen molar-refractivity contribution in [2.75, 3.05) is 0 Å². The van der Waals surface area contributed by atoms with Crippen molar-refractivity contribution >= 4 is 15.9 Å². The minimum absolute atomic E-state index is 0.493. The average Bonchev–Trinajstić information content (AvgIpc) is 2.04. The van der Waals surface area contributed by atoms with Gasteiger partial charge in [-0.25, -0.2) is 4.39 Å². The van der Waals surface area contributed by atoms with Gasteiger partial charge in [0.2, 0.25) is 0 Å². The average molecular weight is 233 g/mol. The highest BCUT2D eigenvalue weighted by Crippen LogP contribution is 2.27. The molecule has 12 heavy (non-hydrogen) atoms. The Kier molecular flexibility index (Phi) is 3.23. The summed E-state index contributed by atoms with van der Waals surface area (Å²) in [5, 5.41) is 9.00. The Morgan fingerprint density at radius 1 is 1.42 bits per heavy atom. The molecule has 0 saturated carbocycles. The second kappa shape index (κ2) is 4.01. The molecular weight excluding hydrogens is 223 g/mol. The number of hydrogen-bond acceptors (Lipinski definition) is 1. The molecule has 2 unspecified atom stereocenters. The summed E-state index contributed by atoms with van der Waals surface area (Å²) in [4.78, 5) is 0. The first-order chi connectivity index (χ1) is 5.63. The van der Waals surface area contributed by atoms with Gasteiger partial charge in [0.15, 0.2) is 6.17 Å². The molecule has 0 fully saturated rings. The molecule has 1 aromatic carbocycles. The van der Waals surface area contributed by atoms with E-state index in [1.54, 1.807) is 18.2 Å². The zero-order chi connectivity index (χ0) is 9.14. The van der Waals surface area contributed by atoms with Gasteiger partial charge >= 0.3 is 0 Å². The molecule has 0 radical (unpaired) electrons. The molecule has 1 N–H and O–H groups in total. The third-order valence-electron chi connectivity index (χ3n) is 1.63. The Morgan fingerprint density at radius 3 is 2.50 bits per heavy atom. The van der Waals surface area contributed by atoms with E-state index in [9.17, 15) is 4.39 Å². The Hall–Kier alpha value is -0.410. The fraction of sp³-hybridized carbons (Fsp3) is 0.333. The molecule has 1 rings (SSSR count). The Balaban J connectivity index is 2.94. The smallest absolute Gasteiger partial charge is 0.152 e. The summed E-state index contributed by atoms with van der Waals surface area (Å²) < 4.78 is 13.9. The van der Waals surface area contributed by atoms with Crippen molar-refractivity contribution in [3.05, 3.63) is 34.3 Å². The van der Waals surface area contributed by atoms with Crippen molar-refractivity contribution in [2.24, 2.45) is 0 Å². The highest BCUT2D eigenvalue weighted by atomic mass is 79.9.